The number of benzene rings is 1. The number of hydrogen-bond acceptors (Lipinski definition) is 4. The third-order valence-electron chi connectivity index (χ3n) is 2.89. The van der Waals surface area contributed by atoms with E-state index in [2.05, 4.69) is 25.5 Å². The summed E-state index contributed by atoms with van der Waals surface area (Å²) in [7, 11) is 1.30. The summed E-state index contributed by atoms with van der Waals surface area (Å²) in [5.74, 6) is -0.321. The van der Waals surface area contributed by atoms with Crippen molar-refractivity contribution in [3.05, 3.63) is 29.3 Å². The lowest BCUT2D eigenvalue weighted by atomic mass is 9.85. The van der Waals surface area contributed by atoms with Gasteiger partial charge in [0.2, 0.25) is 0 Å². The molecule has 4 heteroatoms. The highest BCUT2D eigenvalue weighted by Crippen LogP contribution is 2.27. The second-order valence-corrected chi connectivity index (χ2v) is 5.43. The first-order valence-corrected chi connectivity index (χ1v) is 5.91. The second-order valence-electron chi connectivity index (χ2n) is 5.43. The third kappa shape index (κ3) is 3.47. The number of nitrogens with two attached hydrogens (primary N) is 1. The lowest BCUT2D eigenvalue weighted by Crippen LogP contribution is -2.33. The molecule has 0 radical (unpaired) electrons. The van der Waals surface area contributed by atoms with Crippen LogP contribution in [-0.2, 0) is 21.4 Å². The van der Waals surface area contributed by atoms with E-state index in [1.165, 1.54) is 7.11 Å². The molecule has 0 aliphatic rings. The van der Waals surface area contributed by atoms with E-state index < -0.39 is 12.0 Å². The van der Waals surface area contributed by atoms with Gasteiger partial charge in [0.1, 0.15) is 11.8 Å². The van der Waals surface area contributed by atoms with Crippen molar-refractivity contribution in [2.45, 2.75) is 38.6 Å². The summed E-state index contributed by atoms with van der Waals surface area (Å²) >= 11 is 0. The Balaban J connectivity index is 2.98. The van der Waals surface area contributed by atoms with Crippen LogP contribution in [0, 0.1) is 0 Å². The van der Waals surface area contributed by atoms with Gasteiger partial charge in [-0.25, -0.2) is 0 Å². The van der Waals surface area contributed by atoms with Crippen LogP contribution >= 0.6 is 0 Å². The number of ether oxygens (including phenoxy) is 1. The molecule has 0 spiro atoms. The molecule has 1 aromatic rings. The summed E-state index contributed by atoms with van der Waals surface area (Å²) in [4.78, 5) is 11.3. The Morgan fingerprint density at radius 1 is 1.44 bits per heavy atom. The molecule has 1 atom stereocenters. The maximum absolute atomic E-state index is 11.3. The molecule has 100 valence electrons. The molecular weight excluding hydrogens is 230 g/mol. The average Bonchev–Trinajstić information content (AvgIpc) is 2.29. The monoisotopic (exact) mass is 251 g/mol. The molecule has 0 saturated heterocycles. The van der Waals surface area contributed by atoms with Gasteiger partial charge in [-0.05, 0) is 22.6 Å². The van der Waals surface area contributed by atoms with Crippen LogP contribution in [0.1, 0.15) is 31.9 Å². The van der Waals surface area contributed by atoms with Gasteiger partial charge in [-0.15, -0.1) is 0 Å². The van der Waals surface area contributed by atoms with Crippen LogP contribution in [0.15, 0.2) is 18.2 Å². The highest BCUT2D eigenvalue weighted by molar-refractivity contribution is 5.75. The normalized spacial score (nSPS) is 13.2. The van der Waals surface area contributed by atoms with Gasteiger partial charge in [-0.2, -0.15) is 0 Å². The number of aromatic hydroxyl groups is 1. The quantitative estimate of drug-likeness (QED) is 0.802. The number of esters is 1. The summed E-state index contributed by atoms with van der Waals surface area (Å²) in [6.07, 6.45) is 0.266. The zero-order valence-electron chi connectivity index (χ0n) is 11.4. The minimum Gasteiger partial charge on any atom is -0.508 e. The number of methoxy groups -OCH3 is 1. The van der Waals surface area contributed by atoms with Crippen LogP contribution in [0.4, 0.5) is 0 Å². The lowest BCUT2D eigenvalue weighted by Gasteiger charge is -2.21. The van der Waals surface area contributed by atoms with Crippen molar-refractivity contribution in [1.82, 2.24) is 0 Å². The van der Waals surface area contributed by atoms with Gasteiger partial charge in [-0.3, -0.25) is 4.79 Å². The molecule has 0 unspecified atom stereocenters. The van der Waals surface area contributed by atoms with Crippen molar-refractivity contribution in [3.8, 4) is 5.75 Å². The van der Waals surface area contributed by atoms with Crippen molar-refractivity contribution < 1.29 is 14.6 Å². The molecule has 0 aromatic heterocycles. The SMILES string of the molecule is COC(=O)[C@@H](N)Cc1cc(C(C)(C)C)ccc1O. The molecule has 0 aliphatic carbocycles. The zero-order valence-corrected chi connectivity index (χ0v) is 11.4. The second kappa shape index (κ2) is 5.40. The molecule has 0 aliphatic heterocycles. The summed E-state index contributed by atoms with van der Waals surface area (Å²) in [6.45, 7) is 6.26. The highest BCUT2D eigenvalue weighted by atomic mass is 16.5. The largest absolute Gasteiger partial charge is 0.508 e. The van der Waals surface area contributed by atoms with Gasteiger partial charge >= 0.3 is 5.97 Å². The summed E-state index contributed by atoms with van der Waals surface area (Å²) in [6, 6.07) is 4.65. The molecule has 0 fully saturated rings. The van der Waals surface area contributed by atoms with Crippen LogP contribution in [0.5, 0.6) is 5.75 Å². The van der Waals surface area contributed by atoms with E-state index in [4.69, 9.17) is 5.73 Å². The van der Waals surface area contributed by atoms with E-state index in [0.29, 0.717) is 5.56 Å². The van der Waals surface area contributed by atoms with Gasteiger partial charge in [0, 0.05) is 6.42 Å². The minimum atomic E-state index is -0.754. The topological polar surface area (TPSA) is 72.5 Å². The highest BCUT2D eigenvalue weighted by Gasteiger charge is 2.19. The summed E-state index contributed by atoms with van der Waals surface area (Å²) in [5, 5.41) is 9.80. The Hall–Kier alpha value is -1.55. The van der Waals surface area contributed by atoms with Gasteiger partial charge in [0.05, 0.1) is 7.11 Å². The van der Waals surface area contributed by atoms with Gasteiger partial charge in [0.15, 0.2) is 0 Å². The molecular formula is C14H21NO3. The van der Waals surface area contributed by atoms with Gasteiger partial charge in [-0.1, -0.05) is 32.9 Å². The number of phenolic OH excluding ortho intramolecular Hbond substituents is 1. The fourth-order valence-corrected chi connectivity index (χ4v) is 1.69. The van der Waals surface area contributed by atoms with Crippen LogP contribution < -0.4 is 5.73 Å². The van der Waals surface area contributed by atoms with E-state index in [-0.39, 0.29) is 17.6 Å². The lowest BCUT2D eigenvalue weighted by molar-refractivity contribution is -0.142. The molecule has 0 bridgehead atoms. The maximum atomic E-state index is 11.3. The number of rotatable bonds is 3. The average molecular weight is 251 g/mol. The number of carbonyl (C=O) groups is 1. The Labute approximate surface area is 108 Å². The first kappa shape index (κ1) is 14.5. The standard InChI is InChI=1S/C14H21NO3/c1-14(2,3)10-5-6-12(16)9(7-10)8-11(15)13(17)18-4/h5-7,11,16H,8,15H2,1-4H3/t11-/m0/s1. The summed E-state index contributed by atoms with van der Waals surface area (Å²) < 4.78 is 4.58. The van der Waals surface area contributed by atoms with E-state index in [1.54, 1.807) is 6.07 Å². The number of carbonyl (C=O) groups excluding carboxylic acids is 1. The molecule has 1 aromatic carbocycles. The molecule has 4 nitrogen and oxygen atoms in total. The molecule has 1 rings (SSSR count). The Morgan fingerprint density at radius 2 is 2.06 bits per heavy atom. The van der Waals surface area contributed by atoms with Crippen molar-refractivity contribution in [2.24, 2.45) is 5.73 Å². The molecule has 3 N–H and O–H groups in total. The summed E-state index contributed by atoms with van der Waals surface area (Å²) in [5.41, 5.74) is 7.44. The van der Waals surface area contributed by atoms with Crippen LogP contribution in [0.25, 0.3) is 0 Å². The smallest absolute Gasteiger partial charge is 0.322 e. The molecule has 18 heavy (non-hydrogen) atoms. The zero-order chi connectivity index (χ0) is 13.9. The Kier molecular flexibility index (Phi) is 4.35. The fourth-order valence-electron chi connectivity index (χ4n) is 1.69. The van der Waals surface area contributed by atoms with E-state index in [0.717, 1.165) is 5.56 Å². The van der Waals surface area contributed by atoms with Gasteiger partial charge in [0.25, 0.3) is 0 Å². The maximum Gasteiger partial charge on any atom is 0.322 e. The molecule has 0 saturated carbocycles. The van der Waals surface area contributed by atoms with Crippen molar-refractivity contribution in [2.75, 3.05) is 7.11 Å². The van der Waals surface area contributed by atoms with Crippen LogP contribution in [0.3, 0.4) is 0 Å². The predicted molar refractivity (Wildman–Crippen MR) is 70.5 cm³/mol. The van der Waals surface area contributed by atoms with E-state index in [9.17, 15) is 9.90 Å². The Bertz CT molecular complexity index is 435. The van der Waals surface area contributed by atoms with Crippen molar-refractivity contribution in [3.63, 3.8) is 0 Å². The number of phenols is 1. The van der Waals surface area contributed by atoms with E-state index >= 15 is 0 Å². The fraction of sp³-hybridized carbons (Fsp3) is 0.500. The van der Waals surface area contributed by atoms with Crippen LogP contribution in [0.2, 0.25) is 0 Å². The predicted octanol–water partition coefficient (Wildman–Crippen LogP) is 1.73. The molecule has 0 heterocycles. The van der Waals surface area contributed by atoms with E-state index in [1.807, 2.05) is 12.1 Å². The van der Waals surface area contributed by atoms with Crippen LogP contribution in [-0.4, -0.2) is 24.2 Å². The third-order valence-corrected chi connectivity index (χ3v) is 2.89. The first-order chi connectivity index (χ1) is 8.25. The van der Waals surface area contributed by atoms with Crippen molar-refractivity contribution in [1.29, 1.82) is 0 Å². The molecule has 0 amide bonds. The first-order valence-electron chi connectivity index (χ1n) is 5.91. The Morgan fingerprint density at radius 3 is 2.56 bits per heavy atom. The minimum absolute atomic E-state index is 0.0161. The van der Waals surface area contributed by atoms with Gasteiger partial charge < -0.3 is 15.6 Å². The van der Waals surface area contributed by atoms with Crippen molar-refractivity contribution >= 4 is 5.97 Å². The number of hydrogen-bond donors (Lipinski definition) is 2.